The van der Waals surface area contributed by atoms with Crippen LogP contribution in [0.15, 0.2) is 0 Å². The molecule has 7 N–H and O–H groups in total. The molecule has 0 spiro atoms. The average Bonchev–Trinajstić information content (AvgIpc) is 1.95. The zero-order chi connectivity index (χ0) is 11.6. The molecule has 0 aliphatic heterocycles. The van der Waals surface area contributed by atoms with Gasteiger partial charge in [0.2, 0.25) is 0 Å². The van der Waals surface area contributed by atoms with Gasteiger partial charge < -0.3 is 30.4 Å². The van der Waals surface area contributed by atoms with E-state index in [0.29, 0.717) is 0 Å². The first-order valence-corrected chi connectivity index (χ1v) is 6.82. The molecule has 0 aromatic carbocycles. The number of aliphatic hydroxyl groups is 1. The van der Waals surface area contributed by atoms with E-state index in [4.69, 9.17) is 25.3 Å². The molecule has 0 saturated heterocycles. The quantitative estimate of drug-likeness (QED) is 0.219. The molecule has 15 heavy (non-hydrogen) atoms. The molecule has 0 fully saturated rings. The minimum Gasteiger partial charge on any atom is -0.368 e. The summed E-state index contributed by atoms with van der Waals surface area (Å²) in [5, 5.41) is 5.91. The maximum absolute atomic E-state index is 10.7. The number of hydrogen-bond donors (Lipinski definition) is 6. The maximum Gasteiger partial charge on any atom is 1.00 e. The molecule has 0 radical (unpaired) electrons. The Kier molecular flexibility index (Phi) is 8.58. The molecule has 0 amide bonds. The minimum absolute atomic E-state index is 0. The van der Waals surface area contributed by atoms with E-state index in [0.717, 1.165) is 0 Å². The Labute approximate surface area is 129 Å². The van der Waals surface area contributed by atoms with Crippen LogP contribution in [0.4, 0.5) is 0 Å². The summed E-state index contributed by atoms with van der Waals surface area (Å²) in [4.78, 5) is 34.5. The molecule has 0 atom stereocenters. The fraction of sp³-hybridized carbons (Fsp3) is 1.00. The Morgan fingerprint density at radius 3 is 1.60 bits per heavy atom. The van der Waals surface area contributed by atoms with Crippen LogP contribution in [0.2, 0.25) is 0 Å². The molecule has 8 nitrogen and oxygen atoms in total. The third-order valence-corrected chi connectivity index (χ3v) is 5.53. The SMILES string of the molecule is NCCCC(O)(P(=O)(O)O)P(=O)(O)O.[K+]. The summed E-state index contributed by atoms with van der Waals surface area (Å²) in [7, 11) is -10.6. The monoisotopic (exact) mass is 288 g/mol. The van der Waals surface area contributed by atoms with Crippen LogP contribution < -0.4 is 57.1 Å². The van der Waals surface area contributed by atoms with Gasteiger partial charge in [0.05, 0.1) is 0 Å². The molecular weight excluding hydrogens is 275 g/mol. The van der Waals surface area contributed by atoms with Crippen LogP contribution in [-0.2, 0) is 9.13 Å². The summed E-state index contributed by atoms with van der Waals surface area (Å²) in [6.45, 7) is -0.0394. The summed E-state index contributed by atoms with van der Waals surface area (Å²) in [6, 6.07) is 0. The van der Waals surface area contributed by atoms with Crippen molar-refractivity contribution < 1.29 is 85.2 Å². The minimum atomic E-state index is -5.30. The second-order valence-electron chi connectivity index (χ2n) is 2.75. The van der Waals surface area contributed by atoms with Gasteiger partial charge in [0.1, 0.15) is 0 Å². The van der Waals surface area contributed by atoms with E-state index in [9.17, 15) is 14.2 Å². The van der Waals surface area contributed by atoms with Crippen molar-refractivity contribution in [1.82, 2.24) is 0 Å². The van der Waals surface area contributed by atoms with Crippen molar-refractivity contribution in [2.75, 3.05) is 6.54 Å². The van der Waals surface area contributed by atoms with Gasteiger partial charge in [0, 0.05) is 6.42 Å². The van der Waals surface area contributed by atoms with Crippen LogP contribution >= 0.6 is 15.2 Å². The van der Waals surface area contributed by atoms with Crippen LogP contribution in [0.25, 0.3) is 0 Å². The van der Waals surface area contributed by atoms with Crippen LogP contribution in [0.1, 0.15) is 12.8 Å². The van der Waals surface area contributed by atoms with Crippen molar-refractivity contribution in [1.29, 1.82) is 0 Å². The Bertz CT molecular complexity index is 263. The molecule has 0 bridgehead atoms. The zero-order valence-electron chi connectivity index (χ0n) is 8.15. The molecule has 0 aliphatic carbocycles. The Morgan fingerprint density at radius 2 is 1.40 bits per heavy atom. The molecule has 0 aromatic heterocycles. The number of rotatable bonds is 5. The van der Waals surface area contributed by atoms with Crippen LogP contribution in [0.5, 0.6) is 0 Å². The number of nitrogens with two attached hydrogens (primary N) is 1. The van der Waals surface area contributed by atoms with Crippen LogP contribution in [0.3, 0.4) is 0 Å². The average molecular weight is 288 g/mol. The van der Waals surface area contributed by atoms with E-state index in [-0.39, 0.29) is 64.4 Å². The van der Waals surface area contributed by atoms with Crippen molar-refractivity contribution in [3.8, 4) is 0 Å². The molecular formula is C4H13KNO7P2+. The largest absolute Gasteiger partial charge is 1.00 e. The summed E-state index contributed by atoms with van der Waals surface area (Å²) >= 11 is 0. The van der Waals surface area contributed by atoms with E-state index in [1.165, 1.54) is 0 Å². The van der Waals surface area contributed by atoms with Gasteiger partial charge in [-0.1, -0.05) is 0 Å². The second-order valence-corrected chi connectivity index (χ2v) is 6.76. The molecule has 0 aromatic rings. The van der Waals surface area contributed by atoms with Crippen molar-refractivity contribution >= 4 is 15.2 Å². The first-order chi connectivity index (χ1) is 6.06. The molecule has 0 unspecified atom stereocenters. The van der Waals surface area contributed by atoms with Crippen LogP contribution in [-0.4, -0.2) is 36.3 Å². The normalized spacial score (nSPS) is 13.5. The van der Waals surface area contributed by atoms with Crippen molar-refractivity contribution in [2.45, 2.75) is 17.9 Å². The third-order valence-electron chi connectivity index (χ3n) is 1.65. The van der Waals surface area contributed by atoms with E-state index in [1.54, 1.807) is 0 Å². The standard InChI is InChI=1S/C4H13NO7P2.K/c5-3-1-2-4(6,13(7,8)9)14(10,11)12;/h6H,1-3,5H2,(H2,7,8,9)(H2,10,11,12);/q;+1. The first kappa shape index (κ1) is 19.2. The molecule has 0 saturated carbocycles. The van der Waals surface area contributed by atoms with Crippen molar-refractivity contribution in [3.05, 3.63) is 0 Å². The van der Waals surface area contributed by atoms with Gasteiger partial charge in [-0.2, -0.15) is 0 Å². The molecule has 0 rings (SSSR count). The first-order valence-electron chi connectivity index (χ1n) is 3.60. The van der Waals surface area contributed by atoms with Crippen molar-refractivity contribution in [3.63, 3.8) is 0 Å². The van der Waals surface area contributed by atoms with Gasteiger partial charge >= 0.3 is 66.6 Å². The zero-order valence-corrected chi connectivity index (χ0v) is 13.1. The molecule has 86 valence electrons. The topological polar surface area (TPSA) is 161 Å². The summed E-state index contributed by atoms with van der Waals surface area (Å²) in [6.07, 6.45) is -0.856. The fourth-order valence-corrected chi connectivity index (χ4v) is 3.06. The number of hydrogen-bond acceptors (Lipinski definition) is 4. The van der Waals surface area contributed by atoms with Crippen molar-refractivity contribution in [2.24, 2.45) is 5.73 Å². The molecule has 0 aliphatic rings. The van der Waals surface area contributed by atoms with Gasteiger partial charge in [-0.15, -0.1) is 0 Å². The predicted molar refractivity (Wildman–Crippen MR) is 47.3 cm³/mol. The van der Waals surface area contributed by atoms with Gasteiger partial charge in [-0.25, -0.2) is 0 Å². The summed E-state index contributed by atoms with van der Waals surface area (Å²) in [5.41, 5.74) is 5.01. The molecule has 0 heterocycles. The Balaban J connectivity index is 0. The van der Waals surface area contributed by atoms with Gasteiger partial charge in [-0.05, 0) is 13.0 Å². The van der Waals surface area contributed by atoms with Crippen LogP contribution in [0, 0.1) is 0 Å². The van der Waals surface area contributed by atoms with E-state index < -0.39 is 26.7 Å². The third kappa shape index (κ3) is 4.93. The van der Waals surface area contributed by atoms with E-state index in [2.05, 4.69) is 0 Å². The Morgan fingerprint density at radius 1 is 1.07 bits per heavy atom. The summed E-state index contributed by atoms with van der Waals surface area (Å²) < 4.78 is 21.4. The smallest absolute Gasteiger partial charge is 0.368 e. The Hall–Kier alpha value is 1.86. The van der Waals surface area contributed by atoms with E-state index in [1.807, 2.05) is 0 Å². The maximum atomic E-state index is 10.7. The summed E-state index contributed by atoms with van der Waals surface area (Å²) in [5.74, 6) is 0. The fourth-order valence-electron chi connectivity index (χ4n) is 0.800. The van der Waals surface area contributed by atoms with Gasteiger partial charge in [0.15, 0.2) is 0 Å². The van der Waals surface area contributed by atoms with Gasteiger partial charge in [-0.3, -0.25) is 9.13 Å². The second kappa shape index (κ2) is 6.70. The van der Waals surface area contributed by atoms with Gasteiger partial charge in [0.25, 0.3) is 5.08 Å². The van der Waals surface area contributed by atoms with E-state index >= 15 is 0 Å². The molecule has 11 heteroatoms. The predicted octanol–water partition coefficient (Wildman–Crippen LogP) is -4.27.